The Labute approximate surface area is 268 Å². The van der Waals surface area contributed by atoms with Gasteiger partial charge in [0.2, 0.25) is 11.8 Å². The number of benzene rings is 2. The smallest absolute Gasteiger partial charge is 0.351 e. The fraction of sp³-hybridized carbons (Fsp3) is 0.323. The maximum Gasteiger partial charge on any atom is 0.351 e. The Balaban J connectivity index is 1.27. The molecular formula is C31H34N6O6S2. The zero-order chi connectivity index (χ0) is 32.2. The van der Waals surface area contributed by atoms with Crippen molar-refractivity contribution in [2.45, 2.75) is 42.7 Å². The molecular weight excluding hydrogens is 617 g/mol. The van der Waals surface area contributed by atoms with Crippen LogP contribution >= 0.6 is 23.5 Å². The van der Waals surface area contributed by atoms with Gasteiger partial charge in [0.25, 0.3) is 11.8 Å². The van der Waals surface area contributed by atoms with Gasteiger partial charge < -0.3 is 32.1 Å². The summed E-state index contributed by atoms with van der Waals surface area (Å²) in [7, 11) is 0. The summed E-state index contributed by atoms with van der Waals surface area (Å²) in [5, 5.41) is 19.9. The number of hydrogen-bond acceptors (Lipinski definition) is 9. The molecule has 5 rings (SSSR count). The van der Waals surface area contributed by atoms with Gasteiger partial charge in [0.05, 0.1) is 5.37 Å². The first kappa shape index (κ1) is 32.1. The molecule has 12 nitrogen and oxygen atoms in total. The molecule has 1 saturated heterocycles. The van der Waals surface area contributed by atoms with E-state index in [2.05, 4.69) is 21.3 Å². The van der Waals surface area contributed by atoms with Crippen molar-refractivity contribution < 1.29 is 29.1 Å². The minimum absolute atomic E-state index is 0.115. The number of carboxylic acids is 1. The summed E-state index contributed by atoms with van der Waals surface area (Å²) in [4.78, 5) is 66.4. The Morgan fingerprint density at radius 2 is 1.58 bits per heavy atom. The molecule has 7 N–H and O–H groups in total. The van der Waals surface area contributed by atoms with E-state index in [1.807, 2.05) is 6.07 Å². The predicted molar refractivity (Wildman–Crippen MR) is 171 cm³/mol. The SMILES string of the molecule is CC1=C(C(=O)O)NC(CNC(=O)[C@H](NC(=O)C2=C(C)CS[C@@H]3[C@H](NC(=O)[C@H](N)c4ccccc4)C(=O)N23)c2ccccc2)SC1. The summed E-state index contributed by atoms with van der Waals surface area (Å²) in [6.07, 6.45) is 0. The summed E-state index contributed by atoms with van der Waals surface area (Å²) >= 11 is 2.89. The van der Waals surface area contributed by atoms with Crippen LogP contribution in [0.1, 0.15) is 37.1 Å². The van der Waals surface area contributed by atoms with Gasteiger partial charge in [-0.1, -0.05) is 60.7 Å². The van der Waals surface area contributed by atoms with Gasteiger partial charge in [0, 0.05) is 18.1 Å². The number of carbonyl (C=O) groups excluding carboxylic acids is 4. The molecule has 0 bridgehead atoms. The van der Waals surface area contributed by atoms with Gasteiger partial charge in [-0.3, -0.25) is 24.1 Å². The normalized spacial score (nSPS) is 22.3. The predicted octanol–water partition coefficient (Wildman–Crippen LogP) is 1.36. The van der Waals surface area contributed by atoms with Crippen LogP contribution in [0.5, 0.6) is 0 Å². The minimum Gasteiger partial charge on any atom is -0.477 e. The van der Waals surface area contributed by atoms with Gasteiger partial charge in [0.1, 0.15) is 34.9 Å². The van der Waals surface area contributed by atoms with Gasteiger partial charge in [-0.05, 0) is 36.1 Å². The molecule has 1 unspecified atom stereocenters. The van der Waals surface area contributed by atoms with Crippen LogP contribution in [-0.4, -0.2) is 74.4 Å². The van der Waals surface area contributed by atoms with Crippen molar-refractivity contribution in [3.63, 3.8) is 0 Å². The van der Waals surface area contributed by atoms with Crippen LogP contribution in [0.2, 0.25) is 0 Å². The van der Waals surface area contributed by atoms with Crippen LogP contribution < -0.4 is 27.0 Å². The molecule has 0 spiro atoms. The summed E-state index contributed by atoms with van der Waals surface area (Å²) in [6.45, 7) is 3.61. The average molecular weight is 651 g/mol. The van der Waals surface area contributed by atoms with Crippen LogP contribution in [0.15, 0.2) is 83.2 Å². The highest BCUT2D eigenvalue weighted by Gasteiger charge is 2.54. The zero-order valence-corrected chi connectivity index (χ0v) is 26.2. The number of hydrogen-bond donors (Lipinski definition) is 6. The second-order valence-electron chi connectivity index (χ2n) is 10.9. The second-order valence-corrected chi connectivity index (χ2v) is 13.2. The molecule has 2 aromatic rings. The highest BCUT2D eigenvalue weighted by molar-refractivity contribution is 8.00. The third-order valence-electron chi connectivity index (χ3n) is 7.69. The number of β-lactam (4-membered cyclic amide) rings is 1. The highest BCUT2D eigenvalue weighted by Crippen LogP contribution is 2.40. The van der Waals surface area contributed by atoms with Gasteiger partial charge in [0.15, 0.2) is 0 Å². The Bertz CT molecular complexity index is 1570. The van der Waals surface area contributed by atoms with E-state index in [1.165, 1.54) is 28.4 Å². The summed E-state index contributed by atoms with van der Waals surface area (Å²) in [6, 6.07) is 14.6. The van der Waals surface area contributed by atoms with Gasteiger partial charge in [-0.25, -0.2) is 4.79 Å². The molecule has 3 heterocycles. The van der Waals surface area contributed by atoms with Gasteiger partial charge in [-0.2, -0.15) is 0 Å². The second kappa shape index (κ2) is 13.8. The van der Waals surface area contributed by atoms with E-state index in [4.69, 9.17) is 5.73 Å². The van der Waals surface area contributed by atoms with E-state index in [9.17, 15) is 29.1 Å². The fourth-order valence-corrected chi connectivity index (χ4v) is 7.56. The Morgan fingerprint density at radius 1 is 0.956 bits per heavy atom. The first-order chi connectivity index (χ1) is 21.6. The summed E-state index contributed by atoms with van der Waals surface area (Å²) < 4.78 is 0. The third kappa shape index (κ3) is 6.87. The standard InChI is InChI=1S/C31H34N6O6S2/c1-16-14-44-20(34-22(16)31(42)43)13-33-27(39)23(19-11-7-4-8-12-19)35-28(40)25-17(2)15-45-30-24(29(41)37(25)30)36-26(38)21(32)18-9-5-3-6-10-18/h3-12,20-21,23-24,30,34H,13-15,32H2,1-2H3,(H,33,39)(H,35,40)(H,36,38)(H,42,43)/t20?,21-,23-,24-,30-/m1/s1. The number of carbonyl (C=O) groups is 5. The molecule has 0 aliphatic carbocycles. The van der Waals surface area contributed by atoms with Crippen molar-refractivity contribution in [2.75, 3.05) is 18.1 Å². The molecule has 3 aliphatic rings. The van der Waals surface area contributed by atoms with Crippen molar-refractivity contribution in [1.82, 2.24) is 26.2 Å². The van der Waals surface area contributed by atoms with Crippen molar-refractivity contribution in [3.05, 3.63) is 94.3 Å². The molecule has 45 heavy (non-hydrogen) atoms. The molecule has 236 valence electrons. The lowest BCUT2D eigenvalue weighted by Gasteiger charge is -2.50. The summed E-state index contributed by atoms with van der Waals surface area (Å²) in [5.74, 6) is -2.14. The zero-order valence-electron chi connectivity index (χ0n) is 24.6. The fourth-order valence-electron chi connectivity index (χ4n) is 5.27. The van der Waals surface area contributed by atoms with Gasteiger partial charge in [-0.15, -0.1) is 23.5 Å². The van der Waals surface area contributed by atoms with E-state index in [1.54, 1.807) is 68.4 Å². The first-order valence-electron chi connectivity index (χ1n) is 14.3. The largest absolute Gasteiger partial charge is 0.477 e. The molecule has 14 heteroatoms. The van der Waals surface area contributed by atoms with Crippen molar-refractivity contribution in [2.24, 2.45) is 5.73 Å². The molecule has 0 aromatic heterocycles. The van der Waals surface area contributed by atoms with E-state index >= 15 is 0 Å². The molecule has 0 saturated carbocycles. The molecule has 5 atom stereocenters. The summed E-state index contributed by atoms with van der Waals surface area (Å²) in [5.41, 5.74) is 8.90. The first-order valence-corrected chi connectivity index (χ1v) is 16.4. The number of aliphatic carboxylic acids is 1. The number of amides is 4. The van der Waals surface area contributed by atoms with Crippen molar-refractivity contribution in [1.29, 1.82) is 0 Å². The molecule has 1 fully saturated rings. The van der Waals surface area contributed by atoms with E-state index in [0.29, 0.717) is 33.8 Å². The van der Waals surface area contributed by atoms with Crippen LogP contribution in [0, 0.1) is 0 Å². The van der Waals surface area contributed by atoms with Crippen LogP contribution in [0.25, 0.3) is 0 Å². The Morgan fingerprint density at radius 3 is 2.22 bits per heavy atom. The molecule has 0 radical (unpaired) electrons. The number of rotatable bonds is 10. The molecule has 4 amide bonds. The lowest BCUT2D eigenvalue weighted by Crippen LogP contribution is -2.71. The monoisotopic (exact) mass is 650 g/mol. The molecule has 2 aromatic carbocycles. The van der Waals surface area contributed by atoms with Crippen LogP contribution in [0.3, 0.4) is 0 Å². The van der Waals surface area contributed by atoms with Crippen molar-refractivity contribution in [3.8, 4) is 0 Å². The highest BCUT2D eigenvalue weighted by atomic mass is 32.2. The quantitative estimate of drug-likeness (QED) is 0.205. The topological polar surface area (TPSA) is 183 Å². The Kier molecular flexibility index (Phi) is 9.85. The third-order valence-corrected chi connectivity index (χ3v) is 10.4. The van der Waals surface area contributed by atoms with E-state index < -0.39 is 53.1 Å². The number of carboxylic acid groups (broad SMARTS) is 1. The minimum atomic E-state index is -1.09. The molecule has 3 aliphatic heterocycles. The van der Waals surface area contributed by atoms with Gasteiger partial charge >= 0.3 is 5.97 Å². The maximum absolute atomic E-state index is 13.8. The van der Waals surface area contributed by atoms with E-state index in [0.717, 1.165) is 0 Å². The number of nitrogens with one attached hydrogen (secondary N) is 4. The average Bonchev–Trinajstić information content (AvgIpc) is 3.05. The number of thioether (sulfide) groups is 2. The number of fused-ring (bicyclic) bond motifs is 1. The number of nitrogens with two attached hydrogens (primary N) is 1. The van der Waals surface area contributed by atoms with E-state index in [-0.39, 0.29) is 23.3 Å². The lowest BCUT2D eigenvalue weighted by atomic mass is 10.0. The number of nitrogens with zero attached hydrogens (tertiary/aromatic N) is 1. The van der Waals surface area contributed by atoms with Crippen LogP contribution in [0.4, 0.5) is 0 Å². The van der Waals surface area contributed by atoms with Crippen molar-refractivity contribution >= 4 is 53.1 Å². The lowest BCUT2D eigenvalue weighted by molar-refractivity contribution is -0.148. The maximum atomic E-state index is 13.8. The Hall–Kier alpha value is -4.27. The van der Waals surface area contributed by atoms with Crippen LogP contribution in [-0.2, 0) is 24.0 Å².